The number of benzene rings is 2. The van der Waals surface area contributed by atoms with Gasteiger partial charge in [0.25, 0.3) is 0 Å². The molecule has 0 fully saturated rings. The molecule has 2 aromatic rings. The number of unbranched alkanes of at least 4 members (excludes halogenated alkanes) is 16. The fourth-order valence-electron chi connectivity index (χ4n) is 7.14. The summed E-state index contributed by atoms with van der Waals surface area (Å²) in [4.78, 5) is 0. The molecule has 2 heteroatoms. The zero-order valence-electron chi connectivity index (χ0n) is 30.5. The molecule has 0 atom stereocenters. The van der Waals surface area contributed by atoms with E-state index >= 15 is 0 Å². The SMILES string of the molecule is CCCCCCCCC1=C(c2ccc(CCCC)cc2)[N+](=[N-])C(c2cccc(CCCCCCCC)c2)=C1CCCCCCCC. The lowest BCUT2D eigenvalue weighted by atomic mass is 9.90. The molecular formula is C44H68N2. The van der Waals surface area contributed by atoms with Crippen molar-refractivity contribution in [2.24, 2.45) is 0 Å². The van der Waals surface area contributed by atoms with Crippen molar-refractivity contribution >= 4 is 11.4 Å². The van der Waals surface area contributed by atoms with Gasteiger partial charge in [0.15, 0.2) is 0 Å². The Bertz CT molecular complexity index is 1200. The third kappa shape index (κ3) is 12.6. The summed E-state index contributed by atoms with van der Waals surface area (Å²) in [6, 6.07) is 18.3. The van der Waals surface area contributed by atoms with Gasteiger partial charge in [0, 0.05) is 22.3 Å². The standard InChI is InChI=1S/C44H68N2/c1-5-9-13-16-19-22-27-38-28-25-29-40(36-38)44-42(31-24-21-18-15-11-7-3)41(30-23-20-17-14-10-6-2)43(46(44)45)39-34-32-37(33-35-39)26-12-8-4/h25,28-29,32-36H,5-24,26-27,30-31H2,1-4H3. The highest BCUT2D eigenvalue weighted by atomic mass is 15.2. The second kappa shape index (κ2) is 22.9. The zero-order valence-corrected chi connectivity index (χ0v) is 30.5. The van der Waals surface area contributed by atoms with Gasteiger partial charge in [-0.1, -0.05) is 155 Å². The summed E-state index contributed by atoms with van der Waals surface area (Å²) in [7, 11) is 0. The maximum Gasteiger partial charge on any atom is 0.211 e. The lowest BCUT2D eigenvalue weighted by Gasteiger charge is -2.11. The molecule has 1 heterocycles. The van der Waals surface area contributed by atoms with E-state index in [1.54, 1.807) is 4.70 Å². The molecule has 3 rings (SSSR count). The molecule has 2 aromatic carbocycles. The quantitative estimate of drug-likeness (QED) is 0.0735. The van der Waals surface area contributed by atoms with Crippen LogP contribution >= 0.6 is 0 Å². The van der Waals surface area contributed by atoms with Gasteiger partial charge in [-0.25, -0.2) is 4.70 Å². The molecule has 0 aromatic heterocycles. The summed E-state index contributed by atoms with van der Waals surface area (Å²) in [6.45, 7) is 9.14. The molecule has 0 N–H and O–H groups in total. The Morgan fingerprint density at radius 1 is 0.413 bits per heavy atom. The average Bonchev–Trinajstić information content (AvgIpc) is 3.35. The summed E-state index contributed by atoms with van der Waals surface area (Å²) in [6.07, 6.45) is 30.2. The van der Waals surface area contributed by atoms with E-state index < -0.39 is 0 Å². The van der Waals surface area contributed by atoms with E-state index in [1.807, 2.05) is 0 Å². The summed E-state index contributed by atoms with van der Waals surface area (Å²) in [5.74, 6) is 0. The maximum absolute atomic E-state index is 12.2. The first-order valence-corrected chi connectivity index (χ1v) is 19.8. The lowest BCUT2D eigenvalue weighted by molar-refractivity contribution is -0.345. The molecule has 1 aliphatic heterocycles. The van der Waals surface area contributed by atoms with Crippen molar-refractivity contribution in [3.8, 4) is 0 Å². The largest absolute Gasteiger partial charge is 0.493 e. The monoisotopic (exact) mass is 625 g/mol. The minimum atomic E-state index is 1.04. The summed E-state index contributed by atoms with van der Waals surface area (Å²) < 4.78 is 1.60. The summed E-state index contributed by atoms with van der Waals surface area (Å²) in [5.41, 5.74) is 22.2. The predicted octanol–water partition coefficient (Wildman–Crippen LogP) is 14.6. The number of aryl methyl sites for hydroxylation is 2. The fourth-order valence-corrected chi connectivity index (χ4v) is 7.14. The summed E-state index contributed by atoms with van der Waals surface area (Å²) in [5, 5.41) is 0. The zero-order chi connectivity index (χ0) is 32.8. The Morgan fingerprint density at radius 3 is 1.37 bits per heavy atom. The third-order valence-corrected chi connectivity index (χ3v) is 9.99. The molecule has 1 aliphatic rings. The van der Waals surface area contributed by atoms with Crippen molar-refractivity contribution in [2.45, 2.75) is 182 Å². The highest BCUT2D eigenvalue weighted by Gasteiger charge is 2.35. The number of hydrogen-bond acceptors (Lipinski definition) is 0. The van der Waals surface area contributed by atoms with Gasteiger partial charge in [0.2, 0.25) is 11.4 Å². The van der Waals surface area contributed by atoms with Crippen molar-refractivity contribution in [2.75, 3.05) is 0 Å². The molecule has 0 aliphatic carbocycles. The van der Waals surface area contributed by atoms with Gasteiger partial charge in [-0.3, -0.25) is 0 Å². The smallest absolute Gasteiger partial charge is 0.211 e. The van der Waals surface area contributed by atoms with Crippen LogP contribution in [0.4, 0.5) is 0 Å². The van der Waals surface area contributed by atoms with Gasteiger partial charge in [-0.2, -0.15) is 0 Å². The Balaban J connectivity index is 1.92. The number of rotatable bonds is 26. The van der Waals surface area contributed by atoms with Crippen LogP contribution in [0.3, 0.4) is 0 Å². The molecule has 2 nitrogen and oxygen atoms in total. The Morgan fingerprint density at radius 2 is 0.848 bits per heavy atom. The Hall–Kier alpha value is -2.48. The van der Waals surface area contributed by atoms with Crippen LogP contribution in [0, 0.1) is 0 Å². The van der Waals surface area contributed by atoms with Crippen molar-refractivity contribution in [1.29, 1.82) is 0 Å². The first kappa shape index (κ1) is 38.0. The first-order valence-electron chi connectivity index (χ1n) is 19.8. The predicted molar refractivity (Wildman–Crippen MR) is 202 cm³/mol. The van der Waals surface area contributed by atoms with Crippen LogP contribution < -0.4 is 0 Å². The van der Waals surface area contributed by atoms with E-state index in [1.165, 1.54) is 156 Å². The second-order valence-corrected chi connectivity index (χ2v) is 14.0. The number of allylic oxidation sites excluding steroid dienone is 2. The molecule has 0 unspecified atom stereocenters. The minimum absolute atomic E-state index is 1.04. The van der Waals surface area contributed by atoms with Crippen LogP contribution in [0.2, 0.25) is 0 Å². The van der Waals surface area contributed by atoms with Crippen molar-refractivity contribution in [3.63, 3.8) is 0 Å². The van der Waals surface area contributed by atoms with Gasteiger partial charge in [-0.05, 0) is 86.8 Å². The number of nitrogens with zero attached hydrogens (tertiary/aromatic N) is 2. The lowest BCUT2D eigenvalue weighted by Crippen LogP contribution is -2.03. The van der Waals surface area contributed by atoms with Gasteiger partial charge < -0.3 is 5.53 Å². The summed E-state index contributed by atoms with van der Waals surface area (Å²) >= 11 is 0. The molecule has 0 radical (unpaired) electrons. The molecule has 254 valence electrons. The van der Waals surface area contributed by atoms with E-state index in [4.69, 9.17) is 0 Å². The van der Waals surface area contributed by atoms with Crippen molar-refractivity contribution in [3.05, 3.63) is 87.5 Å². The maximum atomic E-state index is 12.2. The van der Waals surface area contributed by atoms with Gasteiger partial charge in [-0.15, -0.1) is 0 Å². The first-order chi connectivity index (χ1) is 22.6. The van der Waals surface area contributed by atoms with E-state index in [2.05, 4.69) is 76.2 Å². The van der Waals surface area contributed by atoms with Crippen molar-refractivity contribution in [1.82, 2.24) is 0 Å². The Labute approximate surface area is 284 Å². The van der Waals surface area contributed by atoms with Crippen LogP contribution in [0.5, 0.6) is 0 Å². The molecular weight excluding hydrogens is 556 g/mol. The molecule has 0 saturated carbocycles. The fraction of sp³-hybridized carbons (Fsp3) is 0.636. The third-order valence-electron chi connectivity index (χ3n) is 9.99. The molecule has 0 spiro atoms. The second-order valence-electron chi connectivity index (χ2n) is 14.0. The van der Waals surface area contributed by atoms with Crippen LogP contribution in [0.15, 0.2) is 59.7 Å². The topological polar surface area (TPSA) is 25.3 Å². The van der Waals surface area contributed by atoms with Crippen LogP contribution in [-0.2, 0) is 12.8 Å². The van der Waals surface area contributed by atoms with Gasteiger partial charge >= 0.3 is 0 Å². The minimum Gasteiger partial charge on any atom is -0.493 e. The molecule has 0 amide bonds. The molecule has 0 bridgehead atoms. The number of hydrogen-bond donors (Lipinski definition) is 0. The van der Waals surface area contributed by atoms with Crippen LogP contribution in [-0.4, -0.2) is 4.70 Å². The highest BCUT2D eigenvalue weighted by molar-refractivity contribution is 5.82. The Kier molecular flexibility index (Phi) is 18.9. The van der Waals surface area contributed by atoms with Gasteiger partial charge in [0.1, 0.15) is 0 Å². The molecule has 46 heavy (non-hydrogen) atoms. The van der Waals surface area contributed by atoms with E-state index in [0.717, 1.165) is 42.6 Å². The van der Waals surface area contributed by atoms with E-state index in [0.29, 0.717) is 0 Å². The average molecular weight is 625 g/mol. The van der Waals surface area contributed by atoms with E-state index in [-0.39, 0.29) is 0 Å². The highest BCUT2D eigenvalue weighted by Crippen LogP contribution is 2.44. The van der Waals surface area contributed by atoms with Crippen LogP contribution in [0.25, 0.3) is 16.9 Å². The normalized spacial score (nSPS) is 13.4. The van der Waals surface area contributed by atoms with E-state index in [9.17, 15) is 5.53 Å². The van der Waals surface area contributed by atoms with Gasteiger partial charge in [0.05, 0.1) is 0 Å². The van der Waals surface area contributed by atoms with Crippen LogP contribution in [0.1, 0.15) is 191 Å². The van der Waals surface area contributed by atoms with Crippen molar-refractivity contribution < 1.29 is 4.70 Å². The molecule has 0 saturated heterocycles.